The van der Waals surface area contributed by atoms with Crippen LogP contribution < -0.4 is 5.32 Å². The SMILES string of the molecule is CC.CCCCOCCOCCNC(=O)CCSCC(C)C. The van der Waals surface area contributed by atoms with Crippen molar-refractivity contribution in [2.45, 2.75) is 53.9 Å². The Balaban J connectivity index is 0. The number of ether oxygens (including phenoxy) is 2. The second kappa shape index (κ2) is 20.7. The normalized spacial score (nSPS) is 10.3. The van der Waals surface area contributed by atoms with Gasteiger partial charge in [0.25, 0.3) is 0 Å². The molecule has 0 fully saturated rings. The summed E-state index contributed by atoms with van der Waals surface area (Å²) in [6, 6.07) is 0. The van der Waals surface area contributed by atoms with Crippen LogP contribution >= 0.6 is 11.8 Å². The first kappa shape index (κ1) is 24.0. The first-order valence-electron chi connectivity index (χ1n) is 8.66. The Morgan fingerprint density at radius 3 is 2.32 bits per heavy atom. The van der Waals surface area contributed by atoms with Crippen molar-refractivity contribution in [1.29, 1.82) is 0 Å². The second-order valence-electron chi connectivity index (χ2n) is 5.15. The van der Waals surface area contributed by atoms with Crippen LogP contribution in [0.25, 0.3) is 0 Å². The molecule has 5 heteroatoms. The van der Waals surface area contributed by atoms with Gasteiger partial charge in [0.1, 0.15) is 0 Å². The number of hydrogen-bond donors (Lipinski definition) is 1. The van der Waals surface area contributed by atoms with Crippen molar-refractivity contribution >= 4 is 17.7 Å². The molecule has 22 heavy (non-hydrogen) atoms. The highest BCUT2D eigenvalue weighted by molar-refractivity contribution is 7.99. The molecular weight excluding hydrogens is 298 g/mol. The fourth-order valence-corrected chi connectivity index (χ4v) is 2.37. The molecule has 0 rings (SSSR count). The van der Waals surface area contributed by atoms with Gasteiger partial charge in [-0.15, -0.1) is 0 Å². The molecule has 0 aromatic heterocycles. The van der Waals surface area contributed by atoms with Crippen LogP contribution in [0.5, 0.6) is 0 Å². The molecule has 0 saturated heterocycles. The largest absolute Gasteiger partial charge is 0.379 e. The van der Waals surface area contributed by atoms with Gasteiger partial charge in [-0.05, 0) is 18.1 Å². The number of amides is 1. The Hall–Kier alpha value is -0.260. The molecule has 0 heterocycles. The Morgan fingerprint density at radius 2 is 1.73 bits per heavy atom. The third kappa shape index (κ3) is 22.0. The summed E-state index contributed by atoms with van der Waals surface area (Å²) in [5, 5.41) is 2.86. The minimum atomic E-state index is 0.115. The van der Waals surface area contributed by atoms with Gasteiger partial charge in [-0.3, -0.25) is 4.79 Å². The molecule has 0 bridgehead atoms. The molecule has 0 saturated carbocycles. The van der Waals surface area contributed by atoms with Gasteiger partial charge >= 0.3 is 0 Å². The topological polar surface area (TPSA) is 47.6 Å². The lowest BCUT2D eigenvalue weighted by atomic mass is 10.3. The second-order valence-corrected chi connectivity index (χ2v) is 6.30. The molecule has 0 unspecified atom stereocenters. The standard InChI is InChI=1S/C15H31NO3S.C2H6/c1-4-5-8-18-10-11-19-9-7-16-15(17)6-12-20-13-14(2)3;1-2/h14H,4-13H2,1-3H3,(H,16,17);1-2H3. The Kier molecular flexibility index (Phi) is 22.6. The minimum Gasteiger partial charge on any atom is -0.379 e. The highest BCUT2D eigenvalue weighted by Gasteiger charge is 2.01. The van der Waals surface area contributed by atoms with Crippen LogP contribution in [0, 0.1) is 5.92 Å². The van der Waals surface area contributed by atoms with Crippen LogP contribution in [0.3, 0.4) is 0 Å². The number of hydrogen-bond acceptors (Lipinski definition) is 4. The first-order chi connectivity index (χ1) is 10.7. The molecule has 0 aliphatic rings. The van der Waals surface area contributed by atoms with Crippen LogP contribution in [-0.4, -0.2) is 50.4 Å². The van der Waals surface area contributed by atoms with E-state index in [9.17, 15) is 4.79 Å². The van der Waals surface area contributed by atoms with E-state index in [4.69, 9.17) is 9.47 Å². The molecule has 1 amide bonds. The zero-order chi connectivity index (χ0) is 17.1. The van der Waals surface area contributed by atoms with E-state index in [1.165, 1.54) is 0 Å². The fraction of sp³-hybridized carbons (Fsp3) is 0.941. The highest BCUT2D eigenvalue weighted by Crippen LogP contribution is 2.08. The molecule has 0 aliphatic heterocycles. The smallest absolute Gasteiger partial charge is 0.220 e. The number of carbonyl (C=O) groups excluding carboxylic acids is 1. The molecule has 1 N–H and O–H groups in total. The molecule has 0 aromatic carbocycles. The lowest BCUT2D eigenvalue weighted by molar-refractivity contribution is -0.120. The van der Waals surface area contributed by atoms with Gasteiger partial charge in [0.2, 0.25) is 5.91 Å². The molecule has 0 spiro atoms. The Bertz CT molecular complexity index is 226. The number of nitrogens with one attached hydrogen (secondary N) is 1. The van der Waals surface area contributed by atoms with Gasteiger partial charge in [-0.1, -0.05) is 41.0 Å². The maximum Gasteiger partial charge on any atom is 0.220 e. The predicted molar refractivity (Wildman–Crippen MR) is 97.7 cm³/mol. The number of carbonyl (C=O) groups is 1. The van der Waals surface area contributed by atoms with Gasteiger partial charge in [0.15, 0.2) is 0 Å². The van der Waals surface area contributed by atoms with E-state index in [1.807, 2.05) is 25.6 Å². The van der Waals surface area contributed by atoms with Crippen molar-refractivity contribution in [1.82, 2.24) is 5.32 Å². The lowest BCUT2D eigenvalue weighted by Gasteiger charge is -2.07. The van der Waals surface area contributed by atoms with Gasteiger partial charge < -0.3 is 14.8 Å². The quantitative estimate of drug-likeness (QED) is 0.491. The molecule has 0 atom stereocenters. The zero-order valence-corrected chi connectivity index (χ0v) is 16.1. The summed E-state index contributed by atoms with van der Waals surface area (Å²) in [4.78, 5) is 11.5. The maximum atomic E-state index is 11.5. The van der Waals surface area contributed by atoms with Gasteiger partial charge in [-0.25, -0.2) is 0 Å². The van der Waals surface area contributed by atoms with Crippen LogP contribution in [0.2, 0.25) is 0 Å². The summed E-state index contributed by atoms with van der Waals surface area (Å²) < 4.78 is 10.7. The van der Waals surface area contributed by atoms with E-state index in [-0.39, 0.29) is 5.91 Å². The van der Waals surface area contributed by atoms with Crippen molar-refractivity contribution in [2.75, 3.05) is 44.5 Å². The number of rotatable bonds is 14. The molecular formula is C17H37NO3S. The third-order valence-corrected chi connectivity index (χ3v) is 3.90. The Labute approximate surface area is 142 Å². The lowest BCUT2D eigenvalue weighted by Crippen LogP contribution is -2.27. The zero-order valence-electron chi connectivity index (χ0n) is 15.3. The molecule has 0 radical (unpaired) electrons. The average molecular weight is 336 g/mol. The van der Waals surface area contributed by atoms with E-state index < -0.39 is 0 Å². The summed E-state index contributed by atoms with van der Waals surface area (Å²) in [7, 11) is 0. The van der Waals surface area contributed by atoms with Crippen LogP contribution in [0.1, 0.15) is 53.9 Å². The fourth-order valence-electron chi connectivity index (χ4n) is 1.40. The summed E-state index contributed by atoms with van der Waals surface area (Å²) in [5.74, 6) is 2.82. The van der Waals surface area contributed by atoms with Crippen LogP contribution in [0.4, 0.5) is 0 Å². The van der Waals surface area contributed by atoms with Gasteiger partial charge in [0, 0.05) is 25.3 Å². The predicted octanol–water partition coefficient (Wildman–Crippen LogP) is 3.74. The van der Waals surface area contributed by atoms with Crippen molar-refractivity contribution in [3.05, 3.63) is 0 Å². The van der Waals surface area contributed by atoms with E-state index >= 15 is 0 Å². The third-order valence-electron chi connectivity index (χ3n) is 2.51. The van der Waals surface area contributed by atoms with Crippen molar-refractivity contribution < 1.29 is 14.3 Å². The molecule has 4 nitrogen and oxygen atoms in total. The van der Waals surface area contributed by atoms with Gasteiger partial charge in [-0.2, -0.15) is 11.8 Å². The summed E-state index contributed by atoms with van der Waals surface area (Å²) in [5.41, 5.74) is 0. The average Bonchev–Trinajstić information content (AvgIpc) is 2.52. The van der Waals surface area contributed by atoms with Crippen molar-refractivity contribution in [2.24, 2.45) is 5.92 Å². The minimum absolute atomic E-state index is 0.115. The summed E-state index contributed by atoms with van der Waals surface area (Å²) in [6.45, 7) is 13.7. The summed E-state index contributed by atoms with van der Waals surface area (Å²) >= 11 is 1.84. The van der Waals surface area contributed by atoms with Crippen molar-refractivity contribution in [3.8, 4) is 0 Å². The Morgan fingerprint density at radius 1 is 1.09 bits per heavy atom. The van der Waals surface area contributed by atoms with E-state index in [0.717, 1.165) is 31.0 Å². The molecule has 134 valence electrons. The van der Waals surface area contributed by atoms with Crippen LogP contribution in [0.15, 0.2) is 0 Å². The van der Waals surface area contributed by atoms with Crippen LogP contribution in [-0.2, 0) is 14.3 Å². The molecule has 0 aromatic rings. The monoisotopic (exact) mass is 335 g/mol. The number of unbranched alkanes of at least 4 members (excludes halogenated alkanes) is 1. The maximum absolute atomic E-state index is 11.5. The van der Waals surface area contributed by atoms with E-state index in [0.29, 0.717) is 38.7 Å². The highest BCUT2D eigenvalue weighted by atomic mass is 32.2. The number of thioether (sulfide) groups is 1. The van der Waals surface area contributed by atoms with Gasteiger partial charge in [0.05, 0.1) is 19.8 Å². The summed E-state index contributed by atoms with van der Waals surface area (Å²) in [6.07, 6.45) is 2.85. The van der Waals surface area contributed by atoms with Crippen molar-refractivity contribution in [3.63, 3.8) is 0 Å². The molecule has 0 aliphatic carbocycles. The first-order valence-corrected chi connectivity index (χ1v) is 9.82. The van der Waals surface area contributed by atoms with E-state index in [1.54, 1.807) is 0 Å². The van der Waals surface area contributed by atoms with E-state index in [2.05, 4.69) is 26.1 Å².